The SMILES string of the molecule is COc1c(N)cccc1C(=O)N(C)C(C)(C)CO. The zero-order valence-electron chi connectivity index (χ0n) is 11.2. The second kappa shape index (κ2) is 5.27. The van der Waals surface area contributed by atoms with Gasteiger partial charge in [0.15, 0.2) is 5.75 Å². The Balaban J connectivity index is 3.16. The molecule has 0 saturated carbocycles. The van der Waals surface area contributed by atoms with E-state index < -0.39 is 5.54 Å². The number of hydrogen-bond acceptors (Lipinski definition) is 4. The Bertz CT molecular complexity index is 444. The van der Waals surface area contributed by atoms with Crippen molar-refractivity contribution in [1.82, 2.24) is 4.90 Å². The molecule has 0 saturated heterocycles. The first-order chi connectivity index (χ1) is 8.35. The predicted molar refractivity (Wildman–Crippen MR) is 70.7 cm³/mol. The van der Waals surface area contributed by atoms with Crippen molar-refractivity contribution in [1.29, 1.82) is 0 Å². The van der Waals surface area contributed by atoms with E-state index in [1.165, 1.54) is 12.0 Å². The molecular weight excluding hydrogens is 232 g/mol. The number of benzene rings is 1. The van der Waals surface area contributed by atoms with E-state index >= 15 is 0 Å². The average Bonchev–Trinajstić information content (AvgIpc) is 2.36. The maximum atomic E-state index is 12.4. The van der Waals surface area contributed by atoms with Crippen LogP contribution in [0.3, 0.4) is 0 Å². The third kappa shape index (κ3) is 2.56. The number of rotatable bonds is 4. The molecule has 0 aliphatic rings. The quantitative estimate of drug-likeness (QED) is 0.787. The van der Waals surface area contributed by atoms with Crippen LogP contribution in [0.25, 0.3) is 0 Å². The van der Waals surface area contributed by atoms with Gasteiger partial charge >= 0.3 is 0 Å². The Morgan fingerprint density at radius 3 is 2.61 bits per heavy atom. The molecule has 5 heteroatoms. The van der Waals surface area contributed by atoms with E-state index in [1.807, 2.05) is 0 Å². The molecule has 0 spiro atoms. The smallest absolute Gasteiger partial charge is 0.257 e. The van der Waals surface area contributed by atoms with Crippen molar-refractivity contribution in [3.63, 3.8) is 0 Å². The third-order valence-electron chi connectivity index (χ3n) is 3.08. The Morgan fingerprint density at radius 1 is 1.50 bits per heavy atom. The zero-order valence-corrected chi connectivity index (χ0v) is 11.2. The second-order valence-electron chi connectivity index (χ2n) is 4.76. The number of aliphatic hydroxyl groups excluding tert-OH is 1. The number of carbonyl (C=O) groups excluding carboxylic acids is 1. The van der Waals surface area contributed by atoms with Crippen molar-refractivity contribution in [3.05, 3.63) is 23.8 Å². The molecule has 0 heterocycles. The van der Waals surface area contributed by atoms with Crippen molar-refractivity contribution in [3.8, 4) is 5.75 Å². The van der Waals surface area contributed by atoms with Gasteiger partial charge in [0.1, 0.15) is 0 Å². The van der Waals surface area contributed by atoms with E-state index in [-0.39, 0.29) is 12.5 Å². The number of nitrogen functional groups attached to an aromatic ring is 1. The molecule has 0 aliphatic heterocycles. The summed E-state index contributed by atoms with van der Waals surface area (Å²) in [5.41, 5.74) is 5.93. The number of amides is 1. The van der Waals surface area contributed by atoms with Crippen molar-refractivity contribution < 1.29 is 14.6 Å². The molecule has 5 nitrogen and oxygen atoms in total. The average molecular weight is 252 g/mol. The molecule has 0 radical (unpaired) electrons. The molecule has 0 unspecified atom stereocenters. The lowest BCUT2D eigenvalue weighted by Gasteiger charge is -2.34. The second-order valence-corrected chi connectivity index (χ2v) is 4.76. The highest BCUT2D eigenvalue weighted by molar-refractivity contribution is 5.98. The number of hydrogen-bond donors (Lipinski definition) is 2. The fraction of sp³-hybridized carbons (Fsp3) is 0.462. The molecular formula is C13H20N2O3. The monoisotopic (exact) mass is 252 g/mol. The van der Waals surface area contributed by atoms with E-state index in [0.29, 0.717) is 17.0 Å². The van der Waals surface area contributed by atoms with Gasteiger partial charge in [-0.1, -0.05) is 6.07 Å². The highest BCUT2D eigenvalue weighted by Gasteiger charge is 2.29. The van der Waals surface area contributed by atoms with E-state index in [1.54, 1.807) is 39.1 Å². The summed E-state index contributed by atoms with van der Waals surface area (Å²) in [6.07, 6.45) is 0. The molecule has 0 bridgehead atoms. The lowest BCUT2D eigenvalue weighted by Crippen LogP contribution is -2.47. The van der Waals surface area contributed by atoms with Crippen LogP contribution < -0.4 is 10.5 Å². The molecule has 0 fully saturated rings. The molecule has 1 aromatic rings. The molecule has 1 aromatic carbocycles. The summed E-state index contributed by atoms with van der Waals surface area (Å²) < 4.78 is 5.16. The summed E-state index contributed by atoms with van der Waals surface area (Å²) in [6, 6.07) is 5.03. The van der Waals surface area contributed by atoms with Crippen LogP contribution in [0, 0.1) is 0 Å². The van der Waals surface area contributed by atoms with Crippen LogP contribution >= 0.6 is 0 Å². The molecule has 0 atom stereocenters. The molecule has 100 valence electrons. The molecule has 0 aliphatic carbocycles. The Morgan fingerprint density at radius 2 is 2.11 bits per heavy atom. The Labute approximate surface area is 107 Å². The minimum atomic E-state index is -0.646. The van der Waals surface area contributed by atoms with Crippen molar-refractivity contribution in [2.75, 3.05) is 26.5 Å². The van der Waals surface area contributed by atoms with Crippen LogP contribution in [0.1, 0.15) is 24.2 Å². The van der Waals surface area contributed by atoms with Gasteiger partial charge in [0, 0.05) is 7.05 Å². The molecule has 3 N–H and O–H groups in total. The summed E-state index contributed by atoms with van der Waals surface area (Å²) in [7, 11) is 3.11. The first-order valence-corrected chi connectivity index (χ1v) is 5.66. The lowest BCUT2D eigenvalue weighted by molar-refractivity contribution is 0.0470. The molecule has 1 amide bonds. The van der Waals surface area contributed by atoms with E-state index in [0.717, 1.165) is 0 Å². The number of nitrogens with zero attached hydrogens (tertiary/aromatic N) is 1. The highest BCUT2D eigenvalue weighted by atomic mass is 16.5. The molecule has 0 aromatic heterocycles. The summed E-state index contributed by atoms with van der Waals surface area (Å²) in [5.74, 6) is 0.126. The van der Waals surface area contributed by atoms with Crippen LogP contribution in [0.4, 0.5) is 5.69 Å². The topological polar surface area (TPSA) is 75.8 Å². The van der Waals surface area contributed by atoms with Gasteiger partial charge in [-0.15, -0.1) is 0 Å². The highest BCUT2D eigenvalue weighted by Crippen LogP contribution is 2.28. The van der Waals surface area contributed by atoms with Gasteiger partial charge in [0.05, 0.1) is 30.5 Å². The van der Waals surface area contributed by atoms with Gasteiger partial charge < -0.3 is 20.5 Å². The maximum Gasteiger partial charge on any atom is 0.257 e. The normalized spacial score (nSPS) is 11.2. The number of ether oxygens (including phenoxy) is 1. The fourth-order valence-electron chi connectivity index (χ4n) is 1.51. The molecule has 1 rings (SSSR count). The van der Waals surface area contributed by atoms with Gasteiger partial charge in [-0.2, -0.15) is 0 Å². The summed E-state index contributed by atoms with van der Waals surface area (Å²) in [6.45, 7) is 3.44. The maximum absolute atomic E-state index is 12.4. The van der Waals surface area contributed by atoms with Crippen molar-refractivity contribution in [2.24, 2.45) is 0 Å². The first kappa shape index (κ1) is 14.3. The van der Waals surface area contributed by atoms with Gasteiger partial charge in [-0.05, 0) is 26.0 Å². The minimum Gasteiger partial charge on any atom is -0.494 e. The molecule has 18 heavy (non-hydrogen) atoms. The van der Waals surface area contributed by atoms with Crippen LogP contribution in [0.15, 0.2) is 18.2 Å². The predicted octanol–water partition coefficient (Wildman–Crippen LogP) is 1.12. The number of aliphatic hydroxyl groups is 1. The summed E-state index contributed by atoms with van der Waals surface area (Å²) in [5, 5.41) is 9.29. The third-order valence-corrected chi connectivity index (χ3v) is 3.08. The Kier molecular flexibility index (Phi) is 4.19. The van der Waals surface area contributed by atoms with E-state index in [2.05, 4.69) is 0 Å². The van der Waals surface area contributed by atoms with E-state index in [9.17, 15) is 9.90 Å². The van der Waals surface area contributed by atoms with Gasteiger partial charge in [0.25, 0.3) is 5.91 Å². The number of carbonyl (C=O) groups is 1. The van der Waals surface area contributed by atoms with Crippen molar-refractivity contribution in [2.45, 2.75) is 19.4 Å². The number of likely N-dealkylation sites (N-methyl/N-ethyl adjacent to an activating group) is 1. The standard InChI is InChI=1S/C13H20N2O3/c1-13(2,8-16)15(3)12(17)9-6-5-7-10(14)11(9)18-4/h5-7,16H,8,14H2,1-4H3. The fourth-order valence-corrected chi connectivity index (χ4v) is 1.51. The van der Waals surface area contributed by atoms with E-state index in [4.69, 9.17) is 10.5 Å². The van der Waals surface area contributed by atoms with Crippen molar-refractivity contribution >= 4 is 11.6 Å². The minimum absolute atomic E-state index is 0.125. The number of anilines is 1. The van der Waals surface area contributed by atoms with Crippen LogP contribution in [0.2, 0.25) is 0 Å². The number of para-hydroxylation sites is 1. The number of methoxy groups -OCH3 is 1. The Hall–Kier alpha value is -1.75. The summed E-state index contributed by atoms with van der Waals surface area (Å²) >= 11 is 0. The van der Waals surface area contributed by atoms with Gasteiger partial charge in [-0.25, -0.2) is 0 Å². The largest absolute Gasteiger partial charge is 0.494 e. The van der Waals surface area contributed by atoms with Gasteiger partial charge in [0.2, 0.25) is 0 Å². The lowest BCUT2D eigenvalue weighted by atomic mass is 10.0. The van der Waals surface area contributed by atoms with Crippen LogP contribution in [-0.2, 0) is 0 Å². The first-order valence-electron chi connectivity index (χ1n) is 5.66. The summed E-state index contributed by atoms with van der Waals surface area (Å²) in [4.78, 5) is 13.8. The van der Waals surface area contributed by atoms with Gasteiger partial charge in [-0.3, -0.25) is 4.79 Å². The van der Waals surface area contributed by atoms with Crippen LogP contribution in [-0.4, -0.2) is 42.2 Å². The van der Waals surface area contributed by atoms with Crippen LogP contribution in [0.5, 0.6) is 5.75 Å². The zero-order chi connectivity index (χ0) is 13.9. The number of nitrogens with two attached hydrogens (primary N) is 1.